The first-order chi connectivity index (χ1) is 16.6. The molecule has 1 N–H and O–H groups in total. The largest absolute Gasteiger partial charge is 0.385 e. The van der Waals surface area contributed by atoms with E-state index in [0.717, 1.165) is 61.4 Å². The van der Waals surface area contributed by atoms with Crippen LogP contribution in [0.1, 0.15) is 49.3 Å². The van der Waals surface area contributed by atoms with Gasteiger partial charge >= 0.3 is 0 Å². The quantitative estimate of drug-likeness (QED) is 0.540. The van der Waals surface area contributed by atoms with Crippen LogP contribution in [0.4, 0.5) is 5.69 Å². The van der Waals surface area contributed by atoms with Crippen LogP contribution in [-0.4, -0.2) is 42.1 Å². The van der Waals surface area contributed by atoms with Crippen molar-refractivity contribution in [1.29, 1.82) is 0 Å². The van der Waals surface area contributed by atoms with Crippen molar-refractivity contribution in [2.75, 3.05) is 31.1 Å². The molecule has 0 spiro atoms. The first-order valence-electron chi connectivity index (χ1n) is 12.6. The van der Waals surface area contributed by atoms with Crippen LogP contribution < -0.4 is 4.90 Å². The number of anilines is 1. The molecule has 4 nitrogen and oxygen atoms in total. The Labute approximate surface area is 202 Å². The van der Waals surface area contributed by atoms with Gasteiger partial charge in [0, 0.05) is 25.3 Å². The first-order valence-corrected chi connectivity index (χ1v) is 12.6. The second-order valence-electron chi connectivity index (χ2n) is 9.73. The molecular weight excluding hydrogens is 420 g/mol. The Balaban J connectivity index is 1.41. The molecule has 1 amide bonds. The number of benzene rings is 3. The molecule has 0 aliphatic carbocycles. The minimum Gasteiger partial charge on any atom is -0.385 e. The predicted octanol–water partition coefficient (Wildman–Crippen LogP) is 5.10. The van der Waals surface area contributed by atoms with E-state index in [1.54, 1.807) is 0 Å². The van der Waals surface area contributed by atoms with Gasteiger partial charge in [-0.25, -0.2) is 0 Å². The van der Waals surface area contributed by atoms with Crippen molar-refractivity contribution < 1.29 is 9.90 Å². The van der Waals surface area contributed by atoms with Crippen molar-refractivity contribution in [1.82, 2.24) is 4.90 Å². The Morgan fingerprint density at radius 1 is 0.794 bits per heavy atom. The smallest absolute Gasteiger partial charge is 0.242 e. The van der Waals surface area contributed by atoms with Crippen molar-refractivity contribution in [3.05, 3.63) is 102 Å². The molecule has 1 saturated heterocycles. The third-order valence-corrected chi connectivity index (χ3v) is 7.78. The second kappa shape index (κ2) is 9.36. The zero-order valence-corrected chi connectivity index (χ0v) is 20.0. The van der Waals surface area contributed by atoms with Crippen LogP contribution in [0, 0.1) is 0 Å². The predicted molar refractivity (Wildman–Crippen MR) is 137 cm³/mol. The minimum atomic E-state index is -0.761. The molecule has 176 valence electrons. The molecular formula is C30H34N2O2. The summed E-state index contributed by atoms with van der Waals surface area (Å²) in [4.78, 5) is 18.5. The monoisotopic (exact) mass is 454 g/mol. The summed E-state index contributed by atoms with van der Waals surface area (Å²) in [6.45, 7) is 5.33. The highest BCUT2D eigenvalue weighted by atomic mass is 16.3. The number of carbonyl (C=O) groups excluding carboxylic acids is 1. The lowest BCUT2D eigenvalue weighted by Gasteiger charge is -2.40. The first kappa shape index (κ1) is 22.8. The van der Waals surface area contributed by atoms with E-state index in [4.69, 9.17) is 0 Å². The fraction of sp³-hybridized carbons (Fsp3) is 0.367. The highest BCUT2D eigenvalue weighted by molar-refractivity contribution is 6.10. The van der Waals surface area contributed by atoms with E-state index in [-0.39, 0.29) is 5.91 Å². The molecule has 0 bridgehead atoms. The molecule has 4 heteroatoms. The number of likely N-dealkylation sites (tertiary alicyclic amines) is 1. The molecule has 0 aromatic heterocycles. The fourth-order valence-electron chi connectivity index (χ4n) is 5.87. The SMILES string of the molecule is CCCN1C(=O)C(CCN2CCC(O)(c3ccccc3)CC2)(c2ccccc2)c2ccccc21. The number of nitrogens with zero attached hydrogens (tertiary/aromatic N) is 2. The average molecular weight is 455 g/mol. The van der Waals surface area contributed by atoms with E-state index in [9.17, 15) is 9.90 Å². The Hall–Kier alpha value is -2.95. The molecule has 5 rings (SSSR count). The zero-order chi connectivity index (χ0) is 23.6. The van der Waals surface area contributed by atoms with Gasteiger partial charge in [-0.3, -0.25) is 4.79 Å². The third kappa shape index (κ3) is 3.85. The highest BCUT2D eigenvalue weighted by Crippen LogP contribution is 2.48. The molecule has 2 aliphatic rings. The number of aliphatic hydroxyl groups is 1. The summed E-state index contributed by atoms with van der Waals surface area (Å²) in [5.74, 6) is 0.194. The van der Waals surface area contributed by atoms with E-state index < -0.39 is 11.0 Å². The Bertz CT molecular complexity index is 1120. The molecule has 2 heterocycles. The van der Waals surface area contributed by atoms with Gasteiger partial charge in [-0.05, 0) is 55.0 Å². The van der Waals surface area contributed by atoms with Crippen LogP contribution in [0.2, 0.25) is 0 Å². The molecule has 1 fully saturated rings. The van der Waals surface area contributed by atoms with Gasteiger partial charge in [0.1, 0.15) is 5.41 Å². The number of hydrogen-bond acceptors (Lipinski definition) is 3. The number of hydrogen-bond donors (Lipinski definition) is 1. The minimum absolute atomic E-state index is 0.194. The maximum Gasteiger partial charge on any atom is 0.242 e. The van der Waals surface area contributed by atoms with Gasteiger partial charge < -0.3 is 14.9 Å². The van der Waals surface area contributed by atoms with E-state index in [1.807, 2.05) is 59.5 Å². The number of fused-ring (bicyclic) bond motifs is 1. The molecule has 34 heavy (non-hydrogen) atoms. The van der Waals surface area contributed by atoms with Crippen LogP contribution >= 0.6 is 0 Å². The van der Waals surface area contributed by atoms with E-state index in [0.29, 0.717) is 12.8 Å². The molecule has 1 atom stereocenters. The molecule has 1 unspecified atom stereocenters. The van der Waals surface area contributed by atoms with Crippen molar-refractivity contribution in [3.63, 3.8) is 0 Å². The Morgan fingerprint density at radius 3 is 2.03 bits per heavy atom. The normalized spacial score (nSPS) is 22.1. The maximum atomic E-state index is 14.1. The summed E-state index contributed by atoms with van der Waals surface area (Å²) in [7, 11) is 0. The fourth-order valence-corrected chi connectivity index (χ4v) is 5.87. The summed E-state index contributed by atoms with van der Waals surface area (Å²) in [5, 5.41) is 11.2. The lowest BCUT2D eigenvalue weighted by atomic mass is 9.72. The lowest BCUT2D eigenvalue weighted by Crippen LogP contribution is -2.47. The van der Waals surface area contributed by atoms with Gasteiger partial charge in [0.25, 0.3) is 0 Å². The van der Waals surface area contributed by atoms with Gasteiger partial charge in [-0.2, -0.15) is 0 Å². The van der Waals surface area contributed by atoms with Gasteiger partial charge in [0.05, 0.1) is 5.60 Å². The Kier molecular flexibility index (Phi) is 6.28. The Morgan fingerprint density at radius 2 is 1.38 bits per heavy atom. The molecule has 0 saturated carbocycles. The van der Waals surface area contributed by atoms with Crippen LogP contribution in [0.5, 0.6) is 0 Å². The average Bonchev–Trinajstić information content (AvgIpc) is 3.13. The van der Waals surface area contributed by atoms with Gasteiger partial charge in [-0.15, -0.1) is 0 Å². The van der Waals surface area contributed by atoms with Gasteiger partial charge in [0.2, 0.25) is 5.91 Å². The molecule has 2 aliphatic heterocycles. The standard InChI is InChI=1S/C30H34N2O2/c1-2-20-32-27-16-10-9-15-26(27)30(28(32)33,25-13-7-4-8-14-25)19-23-31-21-17-29(34,18-22-31)24-11-5-3-6-12-24/h3-16,34H,2,17-23H2,1H3. The molecule has 0 radical (unpaired) electrons. The van der Waals surface area contributed by atoms with Crippen LogP contribution in [0.25, 0.3) is 0 Å². The summed E-state index contributed by atoms with van der Waals surface area (Å²) in [5.41, 5.74) is 2.82. The number of amides is 1. The summed E-state index contributed by atoms with van der Waals surface area (Å²) in [6, 6.07) is 28.6. The summed E-state index contributed by atoms with van der Waals surface area (Å²) >= 11 is 0. The number of rotatable bonds is 7. The van der Waals surface area contributed by atoms with Crippen molar-refractivity contribution in [3.8, 4) is 0 Å². The lowest BCUT2D eigenvalue weighted by molar-refractivity contribution is -0.122. The topological polar surface area (TPSA) is 43.8 Å². The van der Waals surface area contributed by atoms with Crippen LogP contribution in [0.15, 0.2) is 84.9 Å². The molecule has 3 aromatic rings. The number of carbonyl (C=O) groups is 1. The number of piperidine rings is 1. The van der Waals surface area contributed by atoms with E-state index >= 15 is 0 Å². The van der Waals surface area contributed by atoms with Crippen LogP contribution in [0.3, 0.4) is 0 Å². The van der Waals surface area contributed by atoms with Gasteiger partial charge in [-0.1, -0.05) is 85.8 Å². The second-order valence-corrected chi connectivity index (χ2v) is 9.73. The summed E-state index contributed by atoms with van der Waals surface area (Å²) in [6.07, 6.45) is 3.08. The van der Waals surface area contributed by atoms with E-state index in [2.05, 4.69) is 42.2 Å². The van der Waals surface area contributed by atoms with Crippen molar-refractivity contribution in [2.24, 2.45) is 0 Å². The summed E-state index contributed by atoms with van der Waals surface area (Å²) < 4.78 is 0. The van der Waals surface area contributed by atoms with Crippen molar-refractivity contribution in [2.45, 2.75) is 43.6 Å². The van der Waals surface area contributed by atoms with Crippen LogP contribution in [-0.2, 0) is 15.8 Å². The molecule has 3 aromatic carbocycles. The highest BCUT2D eigenvalue weighted by Gasteiger charge is 2.51. The number of para-hydroxylation sites is 1. The maximum absolute atomic E-state index is 14.1. The van der Waals surface area contributed by atoms with Crippen molar-refractivity contribution >= 4 is 11.6 Å². The zero-order valence-electron chi connectivity index (χ0n) is 20.0. The van der Waals surface area contributed by atoms with E-state index in [1.165, 1.54) is 0 Å². The van der Waals surface area contributed by atoms with Gasteiger partial charge in [0.15, 0.2) is 0 Å². The third-order valence-electron chi connectivity index (χ3n) is 7.78.